The summed E-state index contributed by atoms with van der Waals surface area (Å²) in [5.74, 6) is 0. The number of nitrogens with zero attached hydrogens (tertiary/aromatic N) is 1. The first-order valence-corrected chi connectivity index (χ1v) is 6.33. The van der Waals surface area contributed by atoms with Crippen LogP contribution in [0.2, 0.25) is 0 Å². The summed E-state index contributed by atoms with van der Waals surface area (Å²) in [5.41, 5.74) is 4.02. The average Bonchev–Trinajstić information content (AvgIpc) is 2.56. The van der Waals surface area contributed by atoms with Crippen LogP contribution in [0.15, 0.2) is 12.1 Å². The summed E-state index contributed by atoms with van der Waals surface area (Å²) in [6.45, 7) is 8.91. The highest BCUT2D eigenvalue weighted by Gasteiger charge is 2.17. The Bertz CT molecular complexity index is 520. The summed E-state index contributed by atoms with van der Waals surface area (Å²) in [6.07, 6.45) is 0. The Morgan fingerprint density at radius 3 is 2.50 bits per heavy atom. The van der Waals surface area contributed by atoms with E-state index in [9.17, 15) is 0 Å². The molecule has 0 amide bonds. The highest BCUT2D eigenvalue weighted by Crippen LogP contribution is 2.33. The van der Waals surface area contributed by atoms with Crippen LogP contribution in [0.5, 0.6) is 0 Å². The number of aryl methyl sites for hydroxylation is 1. The minimum absolute atomic E-state index is 0.182. The summed E-state index contributed by atoms with van der Waals surface area (Å²) in [5, 5.41) is 4.09. The van der Waals surface area contributed by atoms with Gasteiger partial charge in [0.1, 0.15) is 0 Å². The van der Waals surface area contributed by atoms with Crippen LogP contribution in [-0.4, -0.2) is 12.0 Å². The van der Waals surface area contributed by atoms with E-state index in [4.69, 9.17) is 0 Å². The van der Waals surface area contributed by atoms with Crippen LogP contribution in [0.1, 0.15) is 31.9 Å². The van der Waals surface area contributed by atoms with Crippen LogP contribution in [0.3, 0.4) is 0 Å². The molecular formula is C13H18N2S. The van der Waals surface area contributed by atoms with E-state index in [2.05, 4.69) is 50.1 Å². The summed E-state index contributed by atoms with van der Waals surface area (Å²) in [7, 11) is 1.91. The fraction of sp³-hybridized carbons (Fsp3) is 0.462. The van der Waals surface area contributed by atoms with Crippen molar-refractivity contribution in [1.82, 2.24) is 4.98 Å². The second-order valence-corrected chi connectivity index (χ2v) is 6.18. The molecule has 1 aromatic heterocycles. The van der Waals surface area contributed by atoms with Crippen molar-refractivity contribution in [3.05, 3.63) is 23.3 Å². The molecule has 0 radical (unpaired) electrons. The van der Waals surface area contributed by atoms with Gasteiger partial charge in [0.25, 0.3) is 0 Å². The van der Waals surface area contributed by atoms with E-state index in [1.165, 1.54) is 15.8 Å². The summed E-state index contributed by atoms with van der Waals surface area (Å²) in [6, 6.07) is 4.47. The highest BCUT2D eigenvalue weighted by molar-refractivity contribution is 7.22. The van der Waals surface area contributed by atoms with Gasteiger partial charge in [0.15, 0.2) is 5.13 Å². The number of rotatable bonds is 1. The average molecular weight is 234 g/mol. The van der Waals surface area contributed by atoms with Gasteiger partial charge in [-0.1, -0.05) is 32.1 Å². The van der Waals surface area contributed by atoms with Gasteiger partial charge in [0.2, 0.25) is 0 Å². The van der Waals surface area contributed by atoms with Gasteiger partial charge in [-0.2, -0.15) is 0 Å². The van der Waals surface area contributed by atoms with Gasteiger partial charge in [-0.25, -0.2) is 4.98 Å². The van der Waals surface area contributed by atoms with Crippen LogP contribution >= 0.6 is 11.3 Å². The molecule has 0 bridgehead atoms. The largest absolute Gasteiger partial charge is 0.365 e. The van der Waals surface area contributed by atoms with E-state index < -0.39 is 0 Å². The highest BCUT2D eigenvalue weighted by atomic mass is 32.1. The first-order chi connectivity index (χ1) is 7.41. The minimum atomic E-state index is 0.182. The molecule has 0 aliphatic rings. The predicted octanol–water partition coefficient (Wildman–Crippen LogP) is 3.94. The first-order valence-electron chi connectivity index (χ1n) is 5.51. The molecule has 1 heterocycles. The van der Waals surface area contributed by atoms with Crippen LogP contribution in [0.25, 0.3) is 10.2 Å². The van der Waals surface area contributed by atoms with Crippen molar-refractivity contribution in [2.75, 3.05) is 12.4 Å². The molecule has 2 nitrogen and oxygen atoms in total. The minimum Gasteiger partial charge on any atom is -0.365 e. The van der Waals surface area contributed by atoms with Crippen LogP contribution in [0.4, 0.5) is 5.13 Å². The zero-order valence-electron chi connectivity index (χ0n) is 10.5. The van der Waals surface area contributed by atoms with Crippen molar-refractivity contribution in [3.63, 3.8) is 0 Å². The molecule has 1 N–H and O–H groups in total. The van der Waals surface area contributed by atoms with Gasteiger partial charge in [-0.15, -0.1) is 0 Å². The van der Waals surface area contributed by atoms with E-state index in [1.54, 1.807) is 11.3 Å². The molecule has 16 heavy (non-hydrogen) atoms. The topological polar surface area (TPSA) is 24.9 Å². The normalized spacial score (nSPS) is 12.1. The third-order valence-electron chi connectivity index (χ3n) is 2.76. The number of anilines is 1. The molecule has 0 aliphatic carbocycles. The number of benzene rings is 1. The Morgan fingerprint density at radius 2 is 1.94 bits per heavy atom. The van der Waals surface area contributed by atoms with Gasteiger partial charge in [0.05, 0.1) is 10.2 Å². The maximum atomic E-state index is 4.55. The van der Waals surface area contributed by atoms with Crippen molar-refractivity contribution >= 4 is 26.7 Å². The quantitative estimate of drug-likeness (QED) is 0.808. The Labute approximate surface area is 101 Å². The van der Waals surface area contributed by atoms with Gasteiger partial charge in [-0.05, 0) is 35.6 Å². The van der Waals surface area contributed by atoms with Crippen molar-refractivity contribution < 1.29 is 0 Å². The maximum absolute atomic E-state index is 4.55. The number of hydrogen-bond acceptors (Lipinski definition) is 3. The van der Waals surface area contributed by atoms with Gasteiger partial charge >= 0.3 is 0 Å². The van der Waals surface area contributed by atoms with E-state index in [-0.39, 0.29) is 5.41 Å². The van der Waals surface area contributed by atoms with Gasteiger partial charge in [0, 0.05) is 7.05 Å². The second kappa shape index (κ2) is 3.74. The van der Waals surface area contributed by atoms with E-state index in [0.29, 0.717) is 0 Å². The van der Waals surface area contributed by atoms with Gasteiger partial charge < -0.3 is 5.32 Å². The number of hydrogen-bond donors (Lipinski definition) is 1. The molecule has 2 rings (SSSR count). The van der Waals surface area contributed by atoms with E-state index in [0.717, 1.165) is 10.6 Å². The molecule has 0 fully saturated rings. The Morgan fingerprint density at radius 1 is 1.25 bits per heavy atom. The predicted molar refractivity (Wildman–Crippen MR) is 72.6 cm³/mol. The number of nitrogens with one attached hydrogen (secondary N) is 1. The molecule has 1 aromatic carbocycles. The second-order valence-electron chi connectivity index (χ2n) is 5.15. The fourth-order valence-corrected chi connectivity index (χ4v) is 2.89. The van der Waals surface area contributed by atoms with Crippen molar-refractivity contribution in [2.24, 2.45) is 0 Å². The summed E-state index contributed by atoms with van der Waals surface area (Å²) < 4.78 is 1.26. The summed E-state index contributed by atoms with van der Waals surface area (Å²) in [4.78, 5) is 4.55. The molecule has 0 unspecified atom stereocenters. The van der Waals surface area contributed by atoms with Gasteiger partial charge in [-0.3, -0.25) is 0 Å². The molecule has 2 aromatic rings. The number of thiazole rings is 1. The lowest BCUT2D eigenvalue weighted by molar-refractivity contribution is 0.587. The lowest BCUT2D eigenvalue weighted by Crippen LogP contribution is -2.12. The fourth-order valence-electron chi connectivity index (χ4n) is 1.99. The van der Waals surface area contributed by atoms with E-state index in [1.807, 2.05) is 7.05 Å². The molecule has 3 heteroatoms. The maximum Gasteiger partial charge on any atom is 0.183 e. The number of aromatic nitrogens is 1. The molecular weight excluding hydrogens is 216 g/mol. The smallest absolute Gasteiger partial charge is 0.183 e. The molecule has 86 valence electrons. The van der Waals surface area contributed by atoms with E-state index >= 15 is 0 Å². The van der Waals surface area contributed by atoms with Crippen molar-refractivity contribution in [3.8, 4) is 0 Å². The zero-order valence-corrected chi connectivity index (χ0v) is 11.3. The lowest BCUT2D eigenvalue weighted by atomic mass is 9.84. The lowest BCUT2D eigenvalue weighted by Gasteiger charge is -2.21. The molecule has 0 saturated heterocycles. The van der Waals surface area contributed by atoms with Crippen LogP contribution in [0, 0.1) is 6.92 Å². The Hall–Kier alpha value is -1.09. The van der Waals surface area contributed by atoms with Crippen molar-refractivity contribution in [1.29, 1.82) is 0 Å². The van der Waals surface area contributed by atoms with Crippen LogP contribution < -0.4 is 5.32 Å². The third kappa shape index (κ3) is 1.92. The SMILES string of the molecule is CNc1nc2cc(C(C)(C)C)c(C)cc2s1. The molecule has 0 atom stereocenters. The van der Waals surface area contributed by atoms with Crippen LogP contribution in [-0.2, 0) is 5.41 Å². The zero-order chi connectivity index (χ0) is 11.9. The summed E-state index contributed by atoms with van der Waals surface area (Å²) >= 11 is 1.71. The molecule has 0 spiro atoms. The van der Waals surface area contributed by atoms with Crippen molar-refractivity contribution in [2.45, 2.75) is 33.1 Å². The first kappa shape index (κ1) is 11.4. The third-order valence-corrected chi connectivity index (χ3v) is 3.79. The standard InChI is InChI=1S/C13H18N2S/c1-8-6-11-10(15-12(14-5)16-11)7-9(8)13(2,3)4/h6-7H,1-5H3,(H,14,15). The Balaban J connectivity index is 2.66. The molecule has 0 saturated carbocycles. The molecule has 0 aliphatic heterocycles. The monoisotopic (exact) mass is 234 g/mol. The number of fused-ring (bicyclic) bond motifs is 1. The Kier molecular flexibility index (Phi) is 2.66.